The van der Waals surface area contributed by atoms with Crippen LogP contribution in [0.4, 0.5) is 0 Å². The standard InChI is InChI=1S/C18H31O3P/c1-3-5-7-8-9-13-16-20-22(19,17-6-4-2)21-18-14-11-10-12-15-18/h10-12,14-15H,3-9,13,16-17H2,1-2H3. The van der Waals surface area contributed by atoms with Crippen molar-refractivity contribution in [2.45, 2.75) is 65.2 Å². The lowest BCUT2D eigenvalue weighted by atomic mass is 10.1. The van der Waals surface area contributed by atoms with E-state index in [1.165, 1.54) is 25.7 Å². The highest BCUT2D eigenvalue weighted by Crippen LogP contribution is 2.49. The number of unbranched alkanes of at least 4 members (excludes halogenated alkanes) is 6. The molecule has 0 amide bonds. The van der Waals surface area contributed by atoms with Crippen LogP contribution in [0.25, 0.3) is 0 Å². The fourth-order valence-electron chi connectivity index (χ4n) is 2.22. The largest absolute Gasteiger partial charge is 0.424 e. The second-order valence-corrected chi connectivity index (χ2v) is 7.80. The Morgan fingerprint density at radius 3 is 2.18 bits per heavy atom. The van der Waals surface area contributed by atoms with Crippen LogP contribution >= 0.6 is 7.60 Å². The van der Waals surface area contributed by atoms with Gasteiger partial charge in [0.2, 0.25) is 0 Å². The van der Waals surface area contributed by atoms with Crippen molar-refractivity contribution in [3.63, 3.8) is 0 Å². The van der Waals surface area contributed by atoms with E-state index in [1.807, 2.05) is 30.3 Å². The molecule has 0 saturated heterocycles. The van der Waals surface area contributed by atoms with Crippen LogP contribution in [-0.2, 0) is 9.09 Å². The molecule has 1 aromatic rings. The molecule has 126 valence electrons. The van der Waals surface area contributed by atoms with Gasteiger partial charge in [0.25, 0.3) is 0 Å². The molecule has 0 aliphatic carbocycles. The fourth-order valence-corrected chi connectivity index (χ4v) is 4.04. The lowest BCUT2D eigenvalue weighted by Crippen LogP contribution is -2.04. The summed E-state index contributed by atoms with van der Waals surface area (Å²) in [5, 5.41) is 0. The van der Waals surface area contributed by atoms with Gasteiger partial charge in [-0.3, -0.25) is 4.52 Å². The Hall–Kier alpha value is -0.790. The zero-order chi connectivity index (χ0) is 16.1. The maximum atomic E-state index is 12.8. The van der Waals surface area contributed by atoms with Crippen LogP contribution in [-0.4, -0.2) is 12.8 Å². The van der Waals surface area contributed by atoms with Crippen LogP contribution in [0.2, 0.25) is 0 Å². The Bertz CT molecular complexity index is 420. The summed E-state index contributed by atoms with van der Waals surface area (Å²) in [4.78, 5) is 0. The van der Waals surface area contributed by atoms with Gasteiger partial charge >= 0.3 is 7.60 Å². The van der Waals surface area contributed by atoms with Crippen LogP contribution in [0.1, 0.15) is 65.2 Å². The topological polar surface area (TPSA) is 35.5 Å². The molecule has 1 atom stereocenters. The molecule has 22 heavy (non-hydrogen) atoms. The maximum absolute atomic E-state index is 12.8. The van der Waals surface area contributed by atoms with Crippen LogP contribution in [0.5, 0.6) is 5.75 Å². The van der Waals surface area contributed by atoms with Crippen molar-refractivity contribution < 1.29 is 13.6 Å². The fraction of sp³-hybridized carbons (Fsp3) is 0.667. The number of benzene rings is 1. The molecule has 0 spiro atoms. The average Bonchev–Trinajstić information content (AvgIpc) is 2.53. The zero-order valence-corrected chi connectivity index (χ0v) is 15.0. The Labute approximate surface area is 136 Å². The van der Waals surface area contributed by atoms with E-state index in [-0.39, 0.29) is 0 Å². The molecule has 0 bridgehead atoms. The lowest BCUT2D eigenvalue weighted by Gasteiger charge is -2.19. The summed E-state index contributed by atoms with van der Waals surface area (Å²) >= 11 is 0. The predicted molar refractivity (Wildman–Crippen MR) is 93.8 cm³/mol. The first kappa shape index (κ1) is 19.3. The van der Waals surface area contributed by atoms with Crippen molar-refractivity contribution in [2.75, 3.05) is 12.8 Å². The molecular formula is C18H31O3P. The Morgan fingerprint density at radius 1 is 0.864 bits per heavy atom. The molecule has 1 aromatic carbocycles. The minimum absolute atomic E-state index is 0.494. The third kappa shape index (κ3) is 8.60. The second kappa shape index (κ2) is 11.7. The average molecular weight is 326 g/mol. The van der Waals surface area contributed by atoms with Gasteiger partial charge in [0.1, 0.15) is 5.75 Å². The molecule has 0 aliphatic rings. The first-order valence-electron chi connectivity index (χ1n) is 8.68. The molecule has 1 unspecified atom stereocenters. The van der Waals surface area contributed by atoms with E-state index in [2.05, 4.69) is 13.8 Å². The van der Waals surface area contributed by atoms with Gasteiger partial charge in [0, 0.05) is 0 Å². The molecule has 0 N–H and O–H groups in total. The quantitative estimate of drug-likeness (QED) is 0.309. The van der Waals surface area contributed by atoms with E-state index in [9.17, 15) is 4.57 Å². The van der Waals surface area contributed by atoms with Crippen molar-refractivity contribution >= 4 is 7.60 Å². The van der Waals surface area contributed by atoms with E-state index in [0.717, 1.165) is 25.7 Å². The highest BCUT2D eigenvalue weighted by molar-refractivity contribution is 7.54. The molecule has 4 heteroatoms. The smallest absolute Gasteiger partial charge is 0.379 e. The molecule has 1 rings (SSSR count). The maximum Gasteiger partial charge on any atom is 0.379 e. The number of rotatable bonds is 13. The van der Waals surface area contributed by atoms with Gasteiger partial charge < -0.3 is 4.52 Å². The third-order valence-electron chi connectivity index (χ3n) is 3.56. The van der Waals surface area contributed by atoms with Crippen LogP contribution in [0.3, 0.4) is 0 Å². The molecule has 0 heterocycles. The van der Waals surface area contributed by atoms with E-state index in [1.54, 1.807) is 0 Å². The van der Waals surface area contributed by atoms with Crippen molar-refractivity contribution in [1.82, 2.24) is 0 Å². The monoisotopic (exact) mass is 326 g/mol. The number of para-hydroxylation sites is 1. The predicted octanol–water partition coefficient (Wildman–Crippen LogP) is 6.44. The van der Waals surface area contributed by atoms with Crippen LogP contribution in [0.15, 0.2) is 30.3 Å². The van der Waals surface area contributed by atoms with Crippen molar-refractivity contribution in [2.24, 2.45) is 0 Å². The Balaban J connectivity index is 2.37. The first-order chi connectivity index (χ1) is 10.7. The molecule has 0 radical (unpaired) electrons. The highest BCUT2D eigenvalue weighted by Gasteiger charge is 2.25. The zero-order valence-electron chi connectivity index (χ0n) is 14.1. The summed E-state index contributed by atoms with van der Waals surface area (Å²) in [5.41, 5.74) is 0. The van der Waals surface area contributed by atoms with Gasteiger partial charge in [-0.05, 0) is 25.0 Å². The number of hydrogen-bond acceptors (Lipinski definition) is 3. The second-order valence-electron chi connectivity index (χ2n) is 5.69. The third-order valence-corrected chi connectivity index (χ3v) is 5.49. The summed E-state index contributed by atoms with van der Waals surface area (Å²) < 4.78 is 24.2. The summed E-state index contributed by atoms with van der Waals surface area (Å²) in [7, 11) is -3.02. The van der Waals surface area contributed by atoms with E-state index in [4.69, 9.17) is 9.05 Å². The highest BCUT2D eigenvalue weighted by atomic mass is 31.2. The van der Waals surface area contributed by atoms with Gasteiger partial charge in [0.15, 0.2) is 0 Å². The summed E-state index contributed by atoms with van der Waals surface area (Å²) in [6.45, 7) is 4.83. The minimum Gasteiger partial charge on any atom is -0.424 e. The molecule has 0 fully saturated rings. The Kier molecular flexibility index (Phi) is 10.3. The Morgan fingerprint density at radius 2 is 1.50 bits per heavy atom. The van der Waals surface area contributed by atoms with Crippen LogP contribution < -0.4 is 4.52 Å². The number of hydrogen-bond donors (Lipinski definition) is 0. The molecule has 3 nitrogen and oxygen atoms in total. The SMILES string of the molecule is CCCCCCCCOP(=O)(CCCC)Oc1ccccc1. The van der Waals surface area contributed by atoms with Crippen molar-refractivity contribution in [1.29, 1.82) is 0 Å². The molecule has 0 aliphatic heterocycles. The van der Waals surface area contributed by atoms with Gasteiger partial charge in [-0.15, -0.1) is 0 Å². The summed E-state index contributed by atoms with van der Waals surface area (Å²) in [6, 6.07) is 9.33. The summed E-state index contributed by atoms with van der Waals surface area (Å²) in [6.07, 6.45) is 9.51. The van der Waals surface area contributed by atoms with E-state index in [0.29, 0.717) is 18.5 Å². The van der Waals surface area contributed by atoms with Gasteiger partial charge in [-0.25, -0.2) is 4.57 Å². The van der Waals surface area contributed by atoms with E-state index >= 15 is 0 Å². The minimum atomic E-state index is -3.02. The van der Waals surface area contributed by atoms with Crippen molar-refractivity contribution in [3.8, 4) is 5.75 Å². The molecule has 0 saturated carbocycles. The summed E-state index contributed by atoms with van der Waals surface area (Å²) in [5.74, 6) is 0.630. The first-order valence-corrected chi connectivity index (χ1v) is 10.4. The van der Waals surface area contributed by atoms with Gasteiger partial charge in [-0.2, -0.15) is 0 Å². The molecule has 0 aromatic heterocycles. The normalized spacial score (nSPS) is 13.7. The van der Waals surface area contributed by atoms with Gasteiger partial charge in [-0.1, -0.05) is 70.6 Å². The van der Waals surface area contributed by atoms with Crippen molar-refractivity contribution in [3.05, 3.63) is 30.3 Å². The lowest BCUT2D eigenvalue weighted by molar-refractivity contribution is 0.257. The van der Waals surface area contributed by atoms with Crippen LogP contribution in [0, 0.1) is 0 Å². The van der Waals surface area contributed by atoms with E-state index < -0.39 is 7.60 Å². The molecular weight excluding hydrogens is 295 g/mol. The van der Waals surface area contributed by atoms with Gasteiger partial charge in [0.05, 0.1) is 12.8 Å².